The van der Waals surface area contributed by atoms with Gasteiger partial charge in [0, 0.05) is 0 Å². The predicted molar refractivity (Wildman–Crippen MR) is 59.7 cm³/mol. The third-order valence-electron chi connectivity index (χ3n) is 1.80. The van der Waals surface area contributed by atoms with Crippen molar-refractivity contribution in [1.29, 1.82) is 0 Å². The minimum Gasteiger partial charge on any atom is -0.498 e. The Balaban J connectivity index is 2.35. The van der Waals surface area contributed by atoms with Crippen LogP contribution in [0.2, 0.25) is 0 Å². The van der Waals surface area contributed by atoms with Gasteiger partial charge < -0.3 is 14.6 Å². The van der Waals surface area contributed by atoms with Crippen molar-refractivity contribution >= 4 is 5.97 Å². The SMILES string of the molecule is CC=COCCOc1ccc(C(=O)O)cc1. The molecule has 1 aromatic carbocycles. The van der Waals surface area contributed by atoms with Gasteiger partial charge in [0.15, 0.2) is 0 Å². The number of hydrogen-bond acceptors (Lipinski definition) is 3. The Morgan fingerprint density at radius 1 is 1.31 bits per heavy atom. The molecule has 0 saturated heterocycles. The topological polar surface area (TPSA) is 55.8 Å². The Bertz CT molecular complexity index is 354. The normalized spacial score (nSPS) is 10.3. The average molecular weight is 222 g/mol. The van der Waals surface area contributed by atoms with Crippen LogP contribution < -0.4 is 4.74 Å². The molecule has 0 bridgehead atoms. The fraction of sp³-hybridized carbons (Fsp3) is 0.250. The maximum atomic E-state index is 10.6. The summed E-state index contributed by atoms with van der Waals surface area (Å²) in [6.07, 6.45) is 3.39. The molecule has 0 heterocycles. The molecule has 0 spiro atoms. The fourth-order valence-corrected chi connectivity index (χ4v) is 1.07. The first-order valence-corrected chi connectivity index (χ1v) is 4.93. The Morgan fingerprint density at radius 3 is 2.56 bits per heavy atom. The lowest BCUT2D eigenvalue weighted by molar-refractivity contribution is 0.0697. The Morgan fingerprint density at radius 2 is 2.00 bits per heavy atom. The predicted octanol–water partition coefficient (Wildman–Crippen LogP) is 2.31. The van der Waals surface area contributed by atoms with E-state index in [4.69, 9.17) is 14.6 Å². The van der Waals surface area contributed by atoms with Crippen LogP contribution in [0.1, 0.15) is 17.3 Å². The molecule has 1 rings (SSSR count). The van der Waals surface area contributed by atoms with E-state index >= 15 is 0 Å². The molecule has 0 aliphatic carbocycles. The largest absolute Gasteiger partial charge is 0.498 e. The van der Waals surface area contributed by atoms with Gasteiger partial charge in [0.05, 0.1) is 11.8 Å². The molecule has 0 fully saturated rings. The quantitative estimate of drug-likeness (QED) is 0.592. The first kappa shape index (κ1) is 12.1. The summed E-state index contributed by atoms with van der Waals surface area (Å²) in [5.74, 6) is -0.308. The molecule has 0 atom stereocenters. The van der Waals surface area contributed by atoms with Crippen molar-refractivity contribution in [3.05, 3.63) is 42.2 Å². The van der Waals surface area contributed by atoms with Crippen LogP contribution in [0.5, 0.6) is 5.75 Å². The summed E-state index contributed by atoms with van der Waals surface area (Å²) in [5, 5.41) is 8.68. The molecule has 0 unspecified atom stereocenters. The fourth-order valence-electron chi connectivity index (χ4n) is 1.07. The maximum Gasteiger partial charge on any atom is 0.335 e. The van der Waals surface area contributed by atoms with Crippen molar-refractivity contribution < 1.29 is 19.4 Å². The Hall–Kier alpha value is -1.97. The highest BCUT2D eigenvalue weighted by atomic mass is 16.5. The molecule has 16 heavy (non-hydrogen) atoms. The summed E-state index contributed by atoms with van der Waals surface area (Å²) >= 11 is 0. The van der Waals surface area contributed by atoms with Gasteiger partial charge in [-0.15, -0.1) is 0 Å². The van der Waals surface area contributed by atoms with Crippen LogP contribution in [0.3, 0.4) is 0 Å². The van der Waals surface area contributed by atoms with Crippen molar-refractivity contribution in [2.24, 2.45) is 0 Å². The molecule has 1 aromatic rings. The summed E-state index contributed by atoms with van der Waals surface area (Å²) in [6, 6.07) is 6.26. The second-order valence-corrected chi connectivity index (χ2v) is 3.02. The van der Waals surface area contributed by atoms with E-state index in [1.807, 2.05) is 6.92 Å². The van der Waals surface area contributed by atoms with E-state index in [-0.39, 0.29) is 5.56 Å². The number of benzene rings is 1. The summed E-state index contributed by atoms with van der Waals surface area (Å²) in [4.78, 5) is 10.6. The molecule has 0 aromatic heterocycles. The Labute approximate surface area is 94.1 Å². The monoisotopic (exact) mass is 222 g/mol. The number of hydrogen-bond donors (Lipinski definition) is 1. The maximum absolute atomic E-state index is 10.6. The highest BCUT2D eigenvalue weighted by molar-refractivity contribution is 5.87. The van der Waals surface area contributed by atoms with Crippen molar-refractivity contribution in [1.82, 2.24) is 0 Å². The minimum absolute atomic E-state index is 0.248. The van der Waals surface area contributed by atoms with E-state index in [1.165, 1.54) is 12.1 Å². The molecule has 0 radical (unpaired) electrons. The number of allylic oxidation sites excluding steroid dienone is 1. The number of carboxylic acid groups (broad SMARTS) is 1. The first-order chi connectivity index (χ1) is 7.74. The third-order valence-corrected chi connectivity index (χ3v) is 1.80. The van der Waals surface area contributed by atoms with Gasteiger partial charge in [-0.3, -0.25) is 0 Å². The second kappa shape index (κ2) is 6.50. The zero-order valence-electron chi connectivity index (χ0n) is 9.05. The van der Waals surface area contributed by atoms with Gasteiger partial charge in [-0.1, -0.05) is 6.08 Å². The van der Waals surface area contributed by atoms with Crippen LogP contribution in [0.25, 0.3) is 0 Å². The van der Waals surface area contributed by atoms with E-state index in [0.29, 0.717) is 19.0 Å². The zero-order valence-corrected chi connectivity index (χ0v) is 9.05. The van der Waals surface area contributed by atoms with E-state index in [0.717, 1.165) is 0 Å². The van der Waals surface area contributed by atoms with Crippen molar-refractivity contribution in [2.75, 3.05) is 13.2 Å². The highest BCUT2D eigenvalue weighted by Gasteiger charge is 2.01. The smallest absolute Gasteiger partial charge is 0.335 e. The van der Waals surface area contributed by atoms with Gasteiger partial charge in [-0.05, 0) is 31.2 Å². The van der Waals surface area contributed by atoms with Crippen LogP contribution in [0.15, 0.2) is 36.6 Å². The first-order valence-electron chi connectivity index (χ1n) is 4.93. The van der Waals surface area contributed by atoms with Crippen molar-refractivity contribution in [3.8, 4) is 5.75 Å². The minimum atomic E-state index is -0.942. The van der Waals surface area contributed by atoms with Gasteiger partial charge in [0.25, 0.3) is 0 Å². The number of carboxylic acids is 1. The summed E-state index contributed by atoms with van der Waals surface area (Å²) in [6.45, 7) is 2.76. The lowest BCUT2D eigenvalue weighted by Crippen LogP contribution is -2.04. The van der Waals surface area contributed by atoms with Crippen molar-refractivity contribution in [3.63, 3.8) is 0 Å². The molecule has 0 amide bonds. The van der Waals surface area contributed by atoms with E-state index in [9.17, 15) is 4.79 Å². The van der Waals surface area contributed by atoms with E-state index in [2.05, 4.69) is 0 Å². The van der Waals surface area contributed by atoms with Gasteiger partial charge in [-0.2, -0.15) is 0 Å². The average Bonchev–Trinajstić information content (AvgIpc) is 2.29. The molecular formula is C12H14O4. The summed E-state index contributed by atoms with van der Waals surface area (Å²) in [5.41, 5.74) is 0.248. The Kier molecular flexibility index (Phi) is 4.92. The van der Waals surface area contributed by atoms with Gasteiger partial charge in [0.2, 0.25) is 0 Å². The number of rotatable bonds is 6. The van der Waals surface area contributed by atoms with Crippen LogP contribution >= 0.6 is 0 Å². The van der Waals surface area contributed by atoms with Crippen LogP contribution in [-0.4, -0.2) is 24.3 Å². The van der Waals surface area contributed by atoms with Gasteiger partial charge >= 0.3 is 5.97 Å². The van der Waals surface area contributed by atoms with E-state index < -0.39 is 5.97 Å². The number of aromatic carboxylic acids is 1. The van der Waals surface area contributed by atoms with Gasteiger partial charge in [-0.25, -0.2) is 4.79 Å². The van der Waals surface area contributed by atoms with Crippen molar-refractivity contribution in [2.45, 2.75) is 6.92 Å². The molecular weight excluding hydrogens is 208 g/mol. The molecule has 86 valence electrons. The molecule has 0 aliphatic rings. The summed E-state index contributed by atoms with van der Waals surface area (Å²) < 4.78 is 10.4. The lowest BCUT2D eigenvalue weighted by atomic mass is 10.2. The van der Waals surface area contributed by atoms with Gasteiger partial charge in [0.1, 0.15) is 19.0 Å². The van der Waals surface area contributed by atoms with Crippen LogP contribution in [-0.2, 0) is 4.74 Å². The third kappa shape index (κ3) is 4.04. The molecule has 4 nitrogen and oxygen atoms in total. The summed E-state index contributed by atoms with van der Waals surface area (Å²) in [7, 11) is 0. The van der Waals surface area contributed by atoms with Crippen LogP contribution in [0, 0.1) is 0 Å². The second-order valence-electron chi connectivity index (χ2n) is 3.02. The number of carbonyl (C=O) groups is 1. The molecule has 0 saturated carbocycles. The molecule has 4 heteroatoms. The van der Waals surface area contributed by atoms with E-state index in [1.54, 1.807) is 24.5 Å². The zero-order chi connectivity index (χ0) is 11.8. The standard InChI is InChI=1S/C12H14O4/c1-2-7-15-8-9-16-11-5-3-10(4-6-11)12(13)14/h2-7H,8-9H2,1H3,(H,13,14). The highest BCUT2D eigenvalue weighted by Crippen LogP contribution is 2.11. The number of ether oxygens (including phenoxy) is 2. The van der Waals surface area contributed by atoms with Crippen LogP contribution in [0.4, 0.5) is 0 Å². The molecule has 1 N–H and O–H groups in total. The molecule has 0 aliphatic heterocycles. The lowest BCUT2D eigenvalue weighted by Gasteiger charge is -2.05.